The Balaban J connectivity index is 1.90. The van der Waals surface area contributed by atoms with Gasteiger partial charge in [0.25, 0.3) is 0 Å². The molecule has 1 aromatic heterocycles. The van der Waals surface area contributed by atoms with E-state index in [2.05, 4.69) is 39.6 Å². The van der Waals surface area contributed by atoms with Gasteiger partial charge in [0.15, 0.2) is 0 Å². The van der Waals surface area contributed by atoms with Gasteiger partial charge in [0.1, 0.15) is 0 Å². The van der Waals surface area contributed by atoms with Gasteiger partial charge in [-0.25, -0.2) is 0 Å². The molecule has 0 saturated carbocycles. The van der Waals surface area contributed by atoms with Gasteiger partial charge in [0.2, 0.25) is 0 Å². The number of aromatic nitrogens is 2. The second-order valence-corrected chi connectivity index (χ2v) is 4.63. The fourth-order valence-electron chi connectivity index (χ4n) is 1.80. The molecule has 0 fully saturated rings. The van der Waals surface area contributed by atoms with Crippen LogP contribution in [-0.4, -0.2) is 35.6 Å². The van der Waals surface area contributed by atoms with E-state index in [1.165, 1.54) is 11.3 Å². The summed E-state index contributed by atoms with van der Waals surface area (Å²) in [6.07, 6.45) is 3.66. The summed E-state index contributed by atoms with van der Waals surface area (Å²) in [7, 11) is 4.06. The second-order valence-electron chi connectivity index (χ2n) is 4.63. The molecular weight excluding hydrogens is 240 g/mol. The van der Waals surface area contributed by atoms with Crippen molar-refractivity contribution in [3.63, 3.8) is 0 Å². The van der Waals surface area contributed by atoms with Crippen molar-refractivity contribution in [3.05, 3.63) is 42.2 Å². The van der Waals surface area contributed by atoms with Gasteiger partial charge in [-0.3, -0.25) is 4.68 Å². The van der Waals surface area contributed by atoms with E-state index in [0.717, 1.165) is 12.2 Å². The molecule has 0 aliphatic carbocycles. The first-order valence-corrected chi connectivity index (χ1v) is 6.32. The standard InChI is InChI=1S/C14H20N4O/c1-17(2)14-5-3-12(4-6-14)9-15-13-10-16-18(11-13)7-8-19/h3-6,10-11,15,19H,7-9H2,1-2H3. The minimum atomic E-state index is 0.104. The molecule has 2 rings (SSSR count). The van der Waals surface area contributed by atoms with Crippen LogP contribution in [0.15, 0.2) is 36.7 Å². The van der Waals surface area contributed by atoms with Gasteiger partial charge in [0, 0.05) is 32.5 Å². The molecule has 0 radical (unpaired) electrons. The Morgan fingerprint density at radius 2 is 2.00 bits per heavy atom. The van der Waals surface area contributed by atoms with Gasteiger partial charge in [-0.05, 0) is 17.7 Å². The first-order chi connectivity index (χ1) is 9.19. The van der Waals surface area contributed by atoms with Crippen LogP contribution in [0.3, 0.4) is 0 Å². The van der Waals surface area contributed by atoms with Crippen LogP contribution < -0.4 is 10.2 Å². The Bertz CT molecular complexity index is 504. The molecule has 0 saturated heterocycles. The predicted octanol–water partition coefficient (Wildman–Crippen LogP) is 1.55. The highest BCUT2D eigenvalue weighted by Crippen LogP contribution is 2.13. The Morgan fingerprint density at radius 1 is 1.26 bits per heavy atom. The molecule has 0 atom stereocenters. The lowest BCUT2D eigenvalue weighted by molar-refractivity contribution is 0.269. The van der Waals surface area contributed by atoms with E-state index in [1.807, 2.05) is 20.3 Å². The summed E-state index contributed by atoms with van der Waals surface area (Å²) in [5.74, 6) is 0. The summed E-state index contributed by atoms with van der Waals surface area (Å²) >= 11 is 0. The van der Waals surface area contributed by atoms with E-state index < -0.39 is 0 Å². The predicted molar refractivity (Wildman–Crippen MR) is 77.4 cm³/mol. The smallest absolute Gasteiger partial charge is 0.0729 e. The highest BCUT2D eigenvalue weighted by atomic mass is 16.3. The van der Waals surface area contributed by atoms with E-state index in [9.17, 15) is 0 Å². The third kappa shape index (κ3) is 3.72. The van der Waals surface area contributed by atoms with Gasteiger partial charge >= 0.3 is 0 Å². The number of benzene rings is 1. The van der Waals surface area contributed by atoms with E-state index in [0.29, 0.717) is 6.54 Å². The molecule has 2 N–H and O–H groups in total. The van der Waals surface area contributed by atoms with Gasteiger partial charge in [-0.2, -0.15) is 5.10 Å². The van der Waals surface area contributed by atoms with Crippen LogP contribution in [0.1, 0.15) is 5.56 Å². The maximum atomic E-state index is 8.82. The monoisotopic (exact) mass is 260 g/mol. The summed E-state index contributed by atoms with van der Waals surface area (Å²) in [5, 5.41) is 16.3. The van der Waals surface area contributed by atoms with Crippen LogP contribution in [0.5, 0.6) is 0 Å². The molecule has 2 aromatic rings. The summed E-state index contributed by atoms with van der Waals surface area (Å²) in [6, 6.07) is 8.43. The SMILES string of the molecule is CN(C)c1ccc(CNc2cnn(CCO)c2)cc1. The number of nitrogens with one attached hydrogen (secondary N) is 1. The summed E-state index contributed by atoms with van der Waals surface area (Å²) in [6.45, 7) is 1.39. The zero-order chi connectivity index (χ0) is 13.7. The summed E-state index contributed by atoms with van der Waals surface area (Å²) < 4.78 is 1.72. The van der Waals surface area contributed by atoms with Gasteiger partial charge in [0.05, 0.1) is 25.0 Å². The van der Waals surface area contributed by atoms with E-state index in [4.69, 9.17) is 5.11 Å². The molecule has 0 spiro atoms. The maximum absolute atomic E-state index is 8.82. The van der Waals surface area contributed by atoms with E-state index in [1.54, 1.807) is 10.9 Å². The Morgan fingerprint density at radius 3 is 2.63 bits per heavy atom. The molecule has 0 aliphatic heterocycles. The van der Waals surface area contributed by atoms with Crippen LogP contribution in [-0.2, 0) is 13.1 Å². The lowest BCUT2D eigenvalue weighted by atomic mass is 10.2. The Hall–Kier alpha value is -2.01. The van der Waals surface area contributed by atoms with Crippen molar-refractivity contribution in [2.75, 3.05) is 30.9 Å². The van der Waals surface area contributed by atoms with Crippen molar-refractivity contribution in [1.82, 2.24) is 9.78 Å². The molecule has 5 heteroatoms. The van der Waals surface area contributed by atoms with Crippen LogP contribution in [0, 0.1) is 0 Å². The zero-order valence-electron chi connectivity index (χ0n) is 11.4. The molecule has 1 heterocycles. The Labute approximate surface area is 113 Å². The van der Waals surface area contributed by atoms with Crippen molar-refractivity contribution in [3.8, 4) is 0 Å². The second kappa shape index (κ2) is 6.24. The minimum Gasteiger partial charge on any atom is -0.394 e. The van der Waals surface area contributed by atoms with E-state index >= 15 is 0 Å². The molecule has 0 bridgehead atoms. The largest absolute Gasteiger partial charge is 0.394 e. The first-order valence-electron chi connectivity index (χ1n) is 6.32. The number of aliphatic hydroxyl groups is 1. The summed E-state index contributed by atoms with van der Waals surface area (Å²) in [5.41, 5.74) is 3.38. The molecule has 1 aromatic carbocycles. The van der Waals surface area contributed by atoms with Crippen LogP contribution >= 0.6 is 0 Å². The third-order valence-corrected chi connectivity index (χ3v) is 2.91. The Kier molecular flexibility index (Phi) is 4.41. The van der Waals surface area contributed by atoms with Gasteiger partial charge in [-0.15, -0.1) is 0 Å². The zero-order valence-corrected chi connectivity index (χ0v) is 11.4. The van der Waals surface area contributed by atoms with Crippen LogP contribution in [0.4, 0.5) is 11.4 Å². The van der Waals surface area contributed by atoms with Crippen molar-refractivity contribution in [2.45, 2.75) is 13.1 Å². The first kappa shape index (κ1) is 13.4. The molecule has 5 nitrogen and oxygen atoms in total. The molecule has 0 unspecified atom stereocenters. The van der Waals surface area contributed by atoms with Crippen LogP contribution in [0.25, 0.3) is 0 Å². The maximum Gasteiger partial charge on any atom is 0.0729 e. The molecule has 0 aliphatic rings. The minimum absolute atomic E-state index is 0.104. The topological polar surface area (TPSA) is 53.3 Å². The number of hydrogen-bond donors (Lipinski definition) is 2. The van der Waals surface area contributed by atoms with E-state index in [-0.39, 0.29) is 6.61 Å². The normalized spacial score (nSPS) is 10.5. The number of nitrogens with zero attached hydrogens (tertiary/aromatic N) is 3. The summed E-state index contributed by atoms with van der Waals surface area (Å²) in [4.78, 5) is 2.08. The molecule has 19 heavy (non-hydrogen) atoms. The van der Waals surface area contributed by atoms with Crippen molar-refractivity contribution in [2.24, 2.45) is 0 Å². The fraction of sp³-hybridized carbons (Fsp3) is 0.357. The lowest BCUT2D eigenvalue weighted by Gasteiger charge is -2.12. The number of aliphatic hydroxyl groups excluding tert-OH is 1. The average molecular weight is 260 g/mol. The number of anilines is 2. The van der Waals surface area contributed by atoms with Crippen molar-refractivity contribution < 1.29 is 5.11 Å². The number of rotatable bonds is 6. The highest BCUT2D eigenvalue weighted by Gasteiger charge is 1.99. The molecular formula is C14H20N4O. The fourth-order valence-corrected chi connectivity index (χ4v) is 1.80. The average Bonchev–Trinajstić information content (AvgIpc) is 2.85. The van der Waals surface area contributed by atoms with Crippen molar-refractivity contribution >= 4 is 11.4 Å². The highest BCUT2D eigenvalue weighted by molar-refractivity contribution is 5.47. The quantitative estimate of drug-likeness (QED) is 0.827. The molecule has 102 valence electrons. The van der Waals surface area contributed by atoms with Crippen LogP contribution in [0.2, 0.25) is 0 Å². The van der Waals surface area contributed by atoms with Gasteiger partial charge in [-0.1, -0.05) is 12.1 Å². The number of hydrogen-bond acceptors (Lipinski definition) is 4. The van der Waals surface area contributed by atoms with Crippen molar-refractivity contribution in [1.29, 1.82) is 0 Å². The van der Waals surface area contributed by atoms with Gasteiger partial charge < -0.3 is 15.3 Å². The third-order valence-electron chi connectivity index (χ3n) is 2.91. The molecule has 0 amide bonds. The lowest BCUT2D eigenvalue weighted by Crippen LogP contribution is -2.08.